The highest BCUT2D eigenvalue weighted by Crippen LogP contribution is 2.16. The van der Waals surface area contributed by atoms with Gasteiger partial charge in [-0.05, 0) is 18.4 Å². The third-order valence-electron chi connectivity index (χ3n) is 6.49. The molecule has 0 aliphatic carbocycles. The van der Waals surface area contributed by atoms with Crippen molar-refractivity contribution in [3.05, 3.63) is 42.3 Å². The SMILES string of the molecule is CCCCCCCCCCCCCCCCCCCCCCC[CH]c1ccccc1. The van der Waals surface area contributed by atoms with Crippen LogP contribution in [0.3, 0.4) is 0 Å². The van der Waals surface area contributed by atoms with Gasteiger partial charge in [0.2, 0.25) is 0 Å². The Labute approximate surface area is 190 Å². The molecule has 0 saturated carbocycles. The van der Waals surface area contributed by atoms with Gasteiger partial charge in [0.05, 0.1) is 0 Å². The fourth-order valence-corrected chi connectivity index (χ4v) is 4.43. The Morgan fingerprint density at radius 2 is 0.767 bits per heavy atom. The molecule has 0 nitrogen and oxygen atoms in total. The van der Waals surface area contributed by atoms with E-state index in [1.807, 2.05) is 0 Å². The van der Waals surface area contributed by atoms with E-state index >= 15 is 0 Å². The number of hydrogen-bond acceptors (Lipinski definition) is 0. The van der Waals surface area contributed by atoms with Crippen LogP contribution in [0.25, 0.3) is 0 Å². The maximum Gasteiger partial charge on any atom is -0.00931 e. The highest BCUT2D eigenvalue weighted by atomic mass is 14.0. The lowest BCUT2D eigenvalue weighted by molar-refractivity contribution is 0.520. The first kappa shape index (κ1) is 27.3. The van der Waals surface area contributed by atoms with Crippen LogP contribution in [0.4, 0.5) is 0 Å². The molecule has 0 fully saturated rings. The number of rotatable bonds is 23. The predicted molar refractivity (Wildman–Crippen MR) is 137 cm³/mol. The van der Waals surface area contributed by atoms with Crippen molar-refractivity contribution < 1.29 is 0 Å². The third kappa shape index (κ3) is 19.2. The van der Waals surface area contributed by atoms with E-state index in [9.17, 15) is 0 Å². The molecule has 0 spiro atoms. The second kappa shape index (κ2) is 22.9. The molecule has 1 rings (SSSR count). The molecule has 0 saturated heterocycles. The molecule has 0 atom stereocenters. The standard InChI is InChI=1S/C30H53/c1-2-3-4-5-6-7-8-9-10-11-12-13-14-15-16-17-18-19-20-21-22-24-27-30-28-25-23-26-29-30/h23,25-29H,2-22,24H2,1H3. The maximum absolute atomic E-state index is 2.38. The molecule has 0 aromatic heterocycles. The molecule has 1 aromatic carbocycles. The molecule has 0 aliphatic heterocycles. The van der Waals surface area contributed by atoms with E-state index in [-0.39, 0.29) is 0 Å². The summed E-state index contributed by atoms with van der Waals surface area (Å²) < 4.78 is 0. The molecule has 30 heavy (non-hydrogen) atoms. The Balaban J connectivity index is 1.65. The van der Waals surface area contributed by atoms with Gasteiger partial charge in [-0.25, -0.2) is 0 Å². The average molecular weight is 414 g/mol. The summed E-state index contributed by atoms with van der Waals surface area (Å²) in [6, 6.07) is 10.8. The van der Waals surface area contributed by atoms with Gasteiger partial charge in [-0.3, -0.25) is 0 Å². The Kier molecular flexibility index (Phi) is 20.8. The zero-order valence-corrected chi connectivity index (χ0v) is 20.5. The van der Waals surface area contributed by atoms with Crippen LogP contribution in [0.15, 0.2) is 30.3 Å². The van der Waals surface area contributed by atoms with Crippen LogP contribution in [0, 0.1) is 6.42 Å². The third-order valence-corrected chi connectivity index (χ3v) is 6.49. The summed E-state index contributed by atoms with van der Waals surface area (Å²) in [6.45, 7) is 2.30. The quantitative estimate of drug-likeness (QED) is 0.156. The van der Waals surface area contributed by atoms with E-state index in [4.69, 9.17) is 0 Å². The average Bonchev–Trinajstić information content (AvgIpc) is 2.78. The normalized spacial score (nSPS) is 11.2. The van der Waals surface area contributed by atoms with Crippen LogP contribution in [-0.4, -0.2) is 0 Å². The summed E-state index contributed by atoms with van der Waals surface area (Å²) in [6.07, 6.45) is 34.2. The van der Waals surface area contributed by atoms with Gasteiger partial charge in [0.1, 0.15) is 0 Å². The smallest absolute Gasteiger partial charge is 0.00931 e. The first-order valence-corrected chi connectivity index (χ1v) is 13.8. The summed E-state index contributed by atoms with van der Waals surface area (Å²) in [4.78, 5) is 0. The summed E-state index contributed by atoms with van der Waals surface area (Å²) >= 11 is 0. The van der Waals surface area contributed by atoms with E-state index in [1.54, 1.807) is 0 Å². The minimum atomic E-state index is 1.24. The van der Waals surface area contributed by atoms with Crippen LogP contribution in [0.5, 0.6) is 0 Å². The van der Waals surface area contributed by atoms with Crippen molar-refractivity contribution in [2.75, 3.05) is 0 Å². The van der Waals surface area contributed by atoms with Crippen LogP contribution >= 0.6 is 0 Å². The Bertz CT molecular complexity index is 421. The molecular weight excluding hydrogens is 360 g/mol. The van der Waals surface area contributed by atoms with Gasteiger partial charge in [0, 0.05) is 0 Å². The van der Waals surface area contributed by atoms with Crippen molar-refractivity contribution in [2.45, 2.75) is 148 Å². The van der Waals surface area contributed by atoms with E-state index in [0.29, 0.717) is 0 Å². The van der Waals surface area contributed by atoms with E-state index in [0.717, 1.165) is 0 Å². The zero-order valence-electron chi connectivity index (χ0n) is 20.5. The Hall–Kier alpha value is -0.780. The van der Waals surface area contributed by atoms with Gasteiger partial charge in [-0.15, -0.1) is 0 Å². The van der Waals surface area contributed by atoms with Gasteiger partial charge >= 0.3 is 0 Å². The lowest BCUT2D eigenvalue weighted by atomic mass is 10.0. The van der Waals surface area contributed by atoms with Gasteiger partial charge < -0.3 is 0 Å². The first-order valence-electron chi connectivity index (χ1n) is 13.8. The van der Waals surface area contributed by atoms with Crippen molar-refractivity contribution in [1.82, 2.24) is 0 Å². The second-order valence-corrected chi connectivity index (χ2v) is 9.47. The molecule has 1 aromatic rings. The Morgan fingerprint density at radius 3 is 1.13 bits per heavy atom. The largest absolute Gasteiger partial charge is 0.0654 e. The lowest BCUT2D eigenvalue weighted by Gasteiger charge is -2.04. The molecule has 173 valence electrons. The summed E-state index contributed by atoms with van der Waals surface area (Å²) in [5.74, 6) is 0. The van der Waals surface area contributed by atoms with Crippen molar-refractivity contribution in [3.63, 3.8) is 0 Å². The number of benzene rings is 1. The highest BCUT2D eigenvalue weighted by Gasteiger charge is 1.96. The fourth-order valence-electron chi connectivity index (χ4n) is 4.43. The maximum atomic E-state index is 2.38. The van der Waals surface area contributed by atoms with Crippen LogP contribution in [0.2, 0.25) is 0 Å². The minimum absolute atomic E-state index is 1.24. The highest BCUT2D eigenvalue weighted by molar-refractivity contribution is 5.21. The molecule has 0 bridgehead atoms. The molecule has 0 N–H and O–H groups in total. The second-order valence-electron chi connectivity index (χ2n) is 9.47. The van der Waals surface area contributed by atoms with Crippen molar-refractivity contribution in [1.29, 1.82) is 0 Å². The van der Waals surface area contributed by atoms with Crippen LogP contribution in [0.1, 0.15) is 154 Å². The number of unbranched alkanes of at least 4 members (excludes halogenated alkanes) is 21. The van der Waals surface area contributed by atoms with E-state index in [1.165, 1.54) is 147 Å². The van der Waals surface area contributed by atoms with Gasteiger partial charge in [0.15, 0.2) is 0 Å². The first-order chi connectivity index (χ1) is 14.9. The zero-order chi connectivity index (χ0) is 21.4. The number of hydrogen-bond donors (Lipinski definition) is 0. The molecule has 0 heteroatoms. The van der Waals surface area contributed by atoms with Crippen molar-refractivity contribution in [2.24, 2.45) is 0 Å². The topological polar surface area (TPSA) is 0 Å². The lowest BCUT2D eigenvalue weighted by Crippen LogP contribution is -1.85. The molecule has 0 unspecified atom stereocenters. The molecule has 0 amide bonds. The van der Waals surface area contributed by atoms with Crippen molar-refractivity contribution >= 4 is 0 Å². The molecule has 1 radical (unpaired) electrons. The fraction of sp³-hybridized carbons (Fsp3) is 0.767. The Morgan fingerprint density at radius 1 is 0.433 bits per heavy atom. The summed E-state index contributed by atoms with van der Waals surface area (Å²) in [5.41, 5.74) is 1.38. The van der Waals surface area contributed by atoms with Gasteiger partial charge in [-0.2, -0.15) is 0 Å². The van der Waals surface area contributed by atoms with E-state index in [2.05, 4.69) is 43.7 Å². The summed E-state index contributed by atoms with van der Waals surface area (Å²) in [7, 11) is 0. The van der Waals surface area contributed by atoms with Gasteiger partial charge in [0.25, 0.3) is 0 Å². The predicted octanol–water partition coefficient (Wildman–Crippen LogP) is 10.8. The van der Waals surface area contributed by atoms with Crippen molar-refractivity contribution in [3.8, 4) is 0 Å². The monoisotopic (exact) mass is 413 g/mol. The molecular formula is C30H53. The van der Waals surface area contributed by atoms with Gasteiger partial charge in [-0.1, -0.05) is 172 Å². The molecule has 0 heterocycles. The van der Waals surface area contributed by atoms with Crippen LogP contribution < -0.4 is 0 Å². The van der Waals surface area contributed by atoms with Crippen LogP contribution in [-0.2, 0) is 0 Å². The minimum Gasteiger partial charge on any atom is -0.0654 e. The van der Waals surface area contributed by atoms with E-state index < -0.39 is 0 Å². The summed E-state index contributed by atoms with van der Waals surface area (Å²) in [5, 5.41) is 0. The molecule has 0 aliphatic rings.